The number of hydrogen-bond donors (Lipinski definition) is 1. The molecule has 1 heterocycles. The van der Waals surface area contributed by atoms with Gasteiger partial charge in [0.2, 0.25) is 0 Å². The van der Waals surface area contributed by atoms with E-state index in [1.807, 2.05) is 30.3 Å². The predicted molar refractivity (Wildman–Crippen MR) is 121 cm³/mol. The second-order valence-corrected chi connectivity index (χ2v) is 9.33. The molecule has 1 amide bonds. The lowest BCUT2D eigenvalue weighted by Crippen LogP contribution is -2.58. The van der Waals surface area contributed by atoms with Crippen molar-refractivity contribution in [2.75, 3.05) is 11.4 Å². The summed E-state index contributed by atoms with van der Waals surface area (Å²) in [6, 6.07) is 14.7. The summed E-state index contributed by atoms with van der Waals surface area (Å²) in [7, 11) is 0. The van der Waals surface area contributed by atoms with E-state index < -0.39 is 12.1 Å². The van der Waals surface area contributed by atoms with E-state index in [4.69, 9.17) is 9.84 Å². The van der Waals surface area contributed by atoms with E-state index in [1.54, 1.807) is 11.0 Å². The molecule has 33 heavy (non-hydrogen) atoms. The fourth-order valence-electron chi connectivity index (χ4n) is 5.40. The normalized spacial score (nSPS) is 23.5. The van der Waals surface area contributed by atoms with E-state index in [1.165, 1.54) is 12.1 Å². The Morgan fingerprint density at radius 1 is 1.09 bits per heavy atom. The van der Waals surface area contributed by atoms with Crippen molar-refractivity contribution < 1.29 is 23.8 Å². The largest absolute Gasteiger partial charge is 0.481 e. The Hall–Kier alpha value is -2.93. The van der Waals surface area contributed by atoms with Crippen LogP contribution in [0.15, 0.2) is 48.5 Å². The van der Waals surface area contributed by atoms with Crippen LogP contribution in [-0.2, 0) is 16.1 Å². The quantitative estimate of drug-likeness (QED) is 0.601. The first-order chi connectivity index (χ1) is 16.0. The predicted octanol–water partition coefficient (Wildman–Crippen LogP) is 5.13. The molecule has 0 bridgehead atoms. The molecule has 2 aromatic rings. The van der Waals surface area contributed by atoms with Gasteiger partial charge in [0, 0.05) is 24.5 Å². The van der Waals surface area contributed by atoms with E-state index in [0.717, 1.165) is 36.8 Å². The van der Waals surface area contributed by atoms with Crippen LogP contribution in [0.1, 0.15) is 55.7 Å². The zero-order chi connectivity index (χ0) is 22.9. The molecule has 2 saturated carbocycles. The number of fused-ring (bicyclic) bond motifs is 2. The van der Waals surface area contributed by atoms with Crippen LogP contribution in [0.3, 0.4) is 0 Å². The van der Waals surface area contributed by atoms with Crippen LogP contribution >= 0.6 is 0 Å². The monoisotopic (exact) mass is 452 g/mol. The van der Waals surface area contributed by atoms with Crippen LogP contribution in [0.25, 0.3) is 0 Å². The van der Waals surface area contributed by atoms with E-state index >= 15 is 0 Å². The number of ether oxygens (including phenoxy) is 1. The van der Waals surface area contributed by atoms with Gasteiger partial charge in [0.15, 0.2) is 0 Å². The van der Waals surface area contributed by atoms with Gasteiger partial charge >= 0.3 is 12.1 Å². The van der Waals surface area contributed by atoms with Gasteiger partial charge < -0.3 is 9.84 Å². The molecule has 1 aliphatic heterocycles. The molecule has 0 aromatic heterocycles. The van der Waals surface area contributed by atoms with Gasteiger partial charge in [0.1, 0.15) is 12.4 Å². The molecule has 6 nitrogen and oxygen atoms in total. The van der Waals surface area contributed by atoms with Gasteiger partial charge in [-0.2, -0.15) is 0 Å². The minimum Gasteiger partial charge on any atom is -0.481 e. The maximum Gasteiger partial charge on any atom is 0.414 e. The minimum atomic E-state index is -0.786. The SMILES string of the molecule is O=C(O)CCCN(C1CC1)[C@H]1c2ccc(F)cc2N(C(=O)OCc2ccccc2)[C@H]2CC[C@H]21. The molecular formula is C26H29FN2O4. The van der Waals surface area contributed by atoms with Crippen LogP contribution < -0.4 is 4.90 Å². The number of carbonyl (C=O) groups excluding carboxylic acids is 1. The molecule has 1 N–H and O–H groups in total. The highest BCUT2D eigenvalue weighted by molar-refractivity contribution is 5.90. The summed E-state index contributed by atoms with van der Waals surface area (Å²) in [6.45, 7) is 0.866. The Labute approximate surface area is 192 Å². The third-order valence-corrected chi connectivity index (χ3v) is 7.18. The van der Waals surface area contributed by atoms with Crippen molar-refractivity contribution >= 4 is 17.7 Å². The van der Waals surface area contributed by atoms with Gasteiger partial charge in [0.25, 0.3) is 0 Å². The lowest BCUT2D eigenvalue weighted by Gasteiger charge is -2.55. The molecule has 0 spiro atoms. The number of carboxylic acid groups (broad SMARTS) is 1. The molecular weight excluding hydrogens is 423 g/mol. The Kier molecular flexibility index (Phi) is 6.06. The maximum absolute atomic E-state index is 14.4. The minimum absolute atomic E-state index is 0.0340. The third kappa shape index (κ3) is 4.47. The van der Waals surface area contributed by atoms with Crippen molar-refractivity contribution in [3.05, 3.63) is 65.5 Å². The lowest BCUT2D eigenvalue weighted by atomic mass is 9.68. The van der Waals surface area contributed by atoms with Crippen molar-refractivity contribution in [2.45, 2.75) is 63.3 Å². The lowest BCUT2D eigenvalue weighted by molar-refractivity contribution is -0.137. The van der Waals surface area contributed by atoms with E-state index in [9.17, 15) is 14.0 Å². The molecule has 3 atom stereocenters. The number of anilines is 1. The number of nitrogens with zero attached hydrogens (tertiary/aromatic N) is 2. The molecule has 7 heteroatoms. The molecule has 0 unspecified atom stereocenters. The van der Waals surface area contributed by atoms with Crippen LogP contribution in [0.4, 0.5) is 14.9 Å². The van der Waals surface area contributed by atoms with Gasteiger partial charge in [-0.3, -0.25) is 14.6 Å². The standard InChI is InChI=1S/C26H29FN2O4/c27-18-8-11-21-23(15-18)29(26(32)33-16-17-5-2-1-3-6-17)22-13-12-20(22)25(21)28(19-9-10-19)14-4-7-24(30)31/h1-3,5-6,8,11,15,19-20,22,25H,4,7,9-10,12-14,16H2,(H,30,31)/t20-,22+,25-/m1/s1. The van der Waals surface area contributed by atoms with Crippen LogP contribution in [0.5, 0.6) is 0 Å². The van der Waals surface area contributed by atoms with Crippen LogP contribution in [-0.4, -0.2) is 40.7 Å². The number of carbonyl (C=O) groups is 2. The van der Waals surface area contributed by atoms with E-state index in [-0.39, 0.29) is 36.8 Å². The Balaban J connectivity index is 1.42. The van der Waals surface area contributed by atoms with Crippen molar-refractivity contribution in [1.82, 2.24) is 4.90 Å². The van der Waals surface area contributed by atoms with Crippen molar-refractivity contribution in [3.63, 3.8) is 0 Å². The zero-order valence-electron chi connectivity index (χ0n) is 18.5. The molecule has 2 fully saturated rings. The average molecular weight is 453 g/mol. The van der Waals surface area contributed by atoms with Gasteiger partial charge in [0.05, 0.1) is 5.69 Å². The number of carboxylic acids is 1. The smallest absolute Gasteiger partial charge is 0.414 e. The second-order valence-electron chi connectivity index (χ2n) is 9.33. The molecule has 0 saturated heterocycles. The van der Waals surface area contributed by atoms with Crippen molar-refractivity contribution in [2.24, 2.45) is 5.92 Å². The van der Waals surface area contributed by atoms with E-state index in [2.05, 4.69) is 4.90 Å². The number of hydrogen-bond acceptors (Lipinski definition) is 4. The van der Waals surface area contributed by atoms with E-state index in [0.29, 0.717) is 24.7 Å². The summed E-state index contributed by atoms with van der Waals surface area (Å²) >= 11 is 0. The number of aliphatic carboxylic acids is 1. The highest BCUT2D eigenvalue weighted by Crippen LogP contribution is 2.54. The molecule has 2 aliphatic carbocycles. The van der Waals surface area contributed by atoms with Gasteiger partial charge in [-0.25, -0.2) is 9.18 Å². The fraction of sp³-hybridized carbons (Fsp3) is 0.462. The maximum atomic E-state index is 14.4. The molecule has 2 aromatic carbocycles. The zero-order valence-corrected chi connectivity index (χ0v) is 18.5. The Morgan fingerprint density at radius 2 is 1.88 bits per heavy atom. The third-order valence-electron chi connectivity index (χ3n) is 7.18. The molecule has 3 aliphatic rings. The summed E-state index contributed by atoms with van der Waals surface area (Å²) in [5.41, 5.74) is 2.43. The summed E-state index contributed by atoms with van der Waals surface area (Å²) in [4.78, 5) is 28.4. The number of halogens is 1. The highest BCUT2D eigenvalue weighted by Gasteiger charge is 2.52. The van der Waals surface area contributed by atoms with Crippen molar-refractivity contribution in [1.29, 1.82) is 0 Å². The molecule has 5 rings (SSSR count). The highest BCUT2D eigenvalue weighted by atomic mass is 19.1. The first-order valence-corrected chi connectivity index (χ1v) is 11.8. The topological polar surface area (TPSA) is 70.1 Å². The van der Waals surface area contributed by atoms with Gasteiger partial charge in [-0.1, -0.05) is 36.4 Å². The fourth-order valence-corrected chi connectivity index (χ4v) is 5.40. The Bertz CT molecular complexity index is 1030. The van der Waals surface area contributed by atoms with Gasteiger partial charge in [-0.05, 0) is 67.8 Å². The Morgan fingerprint density at radius 3 is 2.55 bits per heavy atom. The second kappa shape index (κ2) is 9.14. The van der Waals surface area contributed by atoms with Crippen LogP contribution in [0.2, 0.25) is 0 Å². The summed E-state index contributed by atoms with van der Waals surface area (Å²) in [6.07, 6.45) is 4.31. The van der Waals surface area contributed by atoms with Crippen molar-refractivity contribution in [3.8, 4) is 0 Å². The summed E-state index contributed by atoms with van der Waals surface area (Å²) in [5, 5.41) is 9.09. The molecule has 0 radical (unpaired) electrons. The number of amides is 1. The first kappa shape index (κ1) is 21.9. The summed E-state index contributed by atoms with van der Waals surface area (Å²) < 4.78 is 20.0. The molecule has 174 valence electrons. The first-order valence-electron chi connectivity index (χ1n) is 11.8. The average Bonchev–Trinajstić information content (AvgIpc) is 3.62. The summed E-state index contributed by atoms with van der Waals surface area (Å²) in [5.74, 6) is -0.932. The van der Waals surface area contributed by atoms with Gasteiger partial charge in [-0.15, -0.1) is 0 Å². The number of rotatable bonds is 8. The number of benzene rings is 2. The van der Waals surface area contributed by atoms with Crippen LogP contribution in [0, 0.1) is 11.7 Å².